The minimum atomic E-state index is -0.0641. The van der Waals surface area contributed by atoms with Crippen molar-refractivity contribution in [3.63, 3.8) is 0 Å². The lowest BCUT2D eigenvalue weighted by molar-refractivity contribution is -0.116. The largest absolute Gasteiger partial charge is 0.497 e. The summed E-state index contributed by atoms with van der Waals surface area (Å²) in [6, 6.07) is 15.1. The molecule has 1 aromatic heterocycles. The third kappa shape index (κ3) is 6.25. The Morgan fingerprint density at radius 2 is 1.82 bits per heavy atom. The number of carbonyl (C=O) groups excluding carboxylic acids is 1. The minimum Gasteiger partial charge on any atom is -0.497 e. The van der Waals surface area contributed by atoms with Crippen LogP contribution < -0.4 is 14.8 Å². The summed E-state index contributed by atoms with van der Waals surface area (Å²) in [7, 11) is 1.62. The van der Waals surface area contributed by atoms with Crippen molar-refractivity contribution >= 4 is 34.0 Å². The van der Waals surface area contributed by atoms with Gasteiger partial charge in [0, 0.05) is 28.9 Å². The summed E-state index contributed by atoms with van der Waals surface area (Å²) in [5.41, 5.74) is 1.15. The lowest BCUT2D eigenvalue weighted by atomic mass is 10.1. The average molecular weight is 417 g/mol. The molecule has 1 heterocycles. The fourth-order valence-corrected chi connectivity index (χ4v) is 3.52. The van der Waals surface area contributed by atoms with Gasteiger partial charge in [0.25, 0.3) is 0 Å². The van der Waals surface area contributed by atoms with E-state index in [1.165, 1.54) is 11.3 Å². The van der Waals surface area contributed by atoms with E-state index in [-0.39, 0.29) is 5.91 Å². The van der Waals surface area contributed by atoms with Crippen LogP contribution in [0.2, 0.25) is 5.02 Å². The average Bonchev–Trinajstić information content (AvgIpc) is 3.14. The molecule has 0 spiro atoms. The van der Waals surface area contributed by atoms with Gasteiger partial charge in [0.05, 0.1) is 13.7 Å². The zero-order valence-electron chi connectivity index (χ0n) is 15.5. The summed E-state index contributed by atoms with van der Waals surface area (Å²) in [5, 5.41) is 4.18. The zero-order chi connectivity index (χ0) is 19.8. The predicted molar refractivity (Wildman–Crippen MR) is 113 cm³/mol. The molecule has 0 unspecified atom stereocenters. The Balaban J connectivity index is 1.38. The molecule has 3 rings (SSSR count). The highest BCUT2D eigenvalue weighted by molar-refractivity contribution is 7.15. The number of ether oxygens (including phenoxy) is 2. The summed E-state index contributed by atoms with van der Waals surface area (Å²) in [6.45, 7) is 0.472. The van der Waals surface area contributed by atoms with Crippen LogP contribution in [0.5, 0.6) is 11.5 Å². The monoisotopic (exact) mass is 416 g/mol. The van der Waals surface area contributed by atoms with Crippen molar-refractivity contribution in [3.05, 3.63) is 70.2 Å². The lowest BCUT2D eigenvalue weighted by Gasteiger charge is -2.07. The summed E-state index contributed by atoms with van der Waals surface area (Å²) < 4.78 is 10.7. The minimum absolute atomic E-state index is 0.0641. The molecule has 2 aromatic carbocycles. The van der Waals surface area contributed by atoms with E-state index in [0.29, 0.717) is 24.6 Å². The second kappa shape index (κ2) is 10.1. The van der Waals surface area contributed by atoms with Crippen LogP contribution in [0.4, 0.5) is 5.13 Å². The number of benzene rings is 2. The Labute approximate surface area is 173 Å². The number of halogens is 1. The molecule has 1 amide bonds. The van der Waals surface area contributed by atoms with Gasteiger partial charge in [-0.05, 0) is 48.4 Å². The molecule has 28 heavy (non-hydrogen) atoms. The quantitative estimate of drug-likeness (QED) is 0.487. The molecule has 0 aliphatic heterocycles. The molecule has 0 atom stereocenters. The first-order valence-electron chi connectivity index (χ1n) is 8.88. The first kappa shape index (κ1) is 20.2. The lowest BCUT2D eigenvalue weighted by Crippen LogP contribution is -2.12. The van der Waals surface area contributed by atoms with Gasteiger partial charge in [-0.1, -0.05) is 23.7 Å². The molecule has 0 fully saturated rings. The molecular formula is C21H21ClN2O3S. The van der Waals surface area contributed by atoms with Crippen molar-refractivity contribution in [2.45, 2.75) is 19.3 Å². The number of amides is 1. The van der Waals surface area contributed by atoms with Crippen molar-refractivity contribution in [3.8, 4) is 11.5 Å². The number of nitrogens with one attached hydrogen (secondary N) is 1. The molecule has 0 saturated carbocycles. The van der Waals surface area contributed by atoms with Crippen molar-refractivity contribution in [2.75, 3.05) is 19.0 Å². The van der Waals surface area contributed by atoms with E-state index >= 15 is 0 Å². The normalized spacial score (nSPS) is 10.5. The Hall–Kier alpha value is -2.57. The standard InChI is InChI=1S/C21H21ClN2O3S/c1-26-17-8-10-18(11-9-17)27-12-2-3-20(25)24-21-23-14-19(28-21)13-15-4-6-16(22)7-5-15/h4-11,14H,2-3,12-13H2,1H3,(H,23,24,25). The SMILES string of the molecule is COc1ccc(OCCCC(=O)Nc2ncc(Cc3ccc(Cl)cc3)s2)cc1. The summed E-state index contributed by atoms with van der Waals surface area (Å²) >= 11 is 7.38. The Kier molecular flexibility index (Phi) is 7.28. The van der Waals surface area contributed by atoms with E-state index in [4.69, 9.17) is 21.1 Å². The van der Waals surface area contributed by atoms with Crippen LogP contribution in [0.15, 0.2) is 54.7 Å². The number of carbonyl (C=O) groups is 1. The van der Waals surface area contributed by atoms with Gasteiger partial charge in [0.1, 0.15) is 11.5 Å². The highest BCUT2D eigenvalue weighted by Crippen LogP contribution is 2.22. The van der Waals surface area contributed by atoms with Crippen LogP contribution in [0, 0.1) is 0 Å². The maximum Gasteiger partial charge on any atom is 0.226 e. The number of nitrogens with zero attached hydrogens (tertiary/aromatic N) is 1. The van der Waals surface area contributed by atoms with Gasteiger partial charge in [-0.2, -0.15) is 0 Å². The second-order valence-corrected chi connectivity index (χ2v) is 7.66. The molecule has 0 radical (unpaired) electrons. The Bertz CT molecular complexity index is 895. The van der Waals surface area contributed by atoms with E-state index in [9.17, 15) is 4.79 Å². The zero-order valence-corrected chi connectivity index (χ0v) is 17.1. The van der Waals surface area contributed by atoms with Gasteiger partial charge < -0.3 is 14.8 Å². The molecular weight excluding hydrogens is 396 g/mol. The van der Waals surface area contributed by atoms with Gasteiger partial charge in [-0.15, -0.1) is 11.3 Å². The third-order valence-corrected chi connectivity index (χ3v) is 5.13. The van der Waals surface area contributed by atoms with Crippen LogP contribution in [-0.4, -0.2) is 24.6 Å². The van der Waals surface area contributed by atoms with Crippen molar-refractivity contribution in [1.82, 2.24) is 4.98 Å². The van der Waals surface area contributed by atoms with Gasteiger partial charge in [-0.3, -0.25) is 4.79 Å². The second-order valence-electron chi connectivity index (χ2n) is 6.11. The Morgan fingerprint density at radius 3 is 2.54 bits per heavy atom. The highest BCUT2D eigenvalue weighted by Gasteiger charge is 2.08. The first-order chi connectivity index (χ1) is 13.6. The number of rotatable bonds is 9. The molecule has 0 aliphatic carbocycles. The van der Waals surface area contributed by atoms with Crippen LogP contribution in [0.1, 0.15) is 23.3 Å². The molecule has 3 aromatic rings. The van der Waals surface area contributed by atoms with E-state index in [1.807, 2.05) is 48.5 Å². The molecule has 146 valence electrons. The number of hydrogen-bond acceptors (Lipinski definition) is 5. The van der Waals surface area contributed by atoms with E-state index in [1.54, 1.807) is 13.3 Å². The van der Waals surface area contributed by atoms with Crippen LogP contribution in [0.25, 0.3) is 0 Å². The number of thiazole rings is 1. The summed E-state index contributed by atoms with van der Waals surface area (Å²) in [6.07, 6.45) is 3.56. The van der Waals surface area contributed by atoms with Gasteiger partial charge in [-0.25, -0.2) is 4.98 Å². The third-order valence-electron chi connectivity index (χ3n) is 3.97. The number of methoxy groups -OCH3 is 1. The topological polar surface area (TPSA) is 60.5 Å². The molecule has 0 bridgehead atoms. The number of aromatic nitrogens is 1. The maximum absolute atomic E-state index is 12.1. The van der Waals surface area contributed by atoms with Crippen LogP contribution in [0.3, 0.4) is 0 Å². The van der Waals surface area contributed by atoms with Gasteiger partial charge >= 0.3 is 0 Å². The van der Waals surface area contributed by atoms with Gasteiger partial charge in [0.15, 0.2) is 5.13 Å². The van der Waals surface area contributed by atoms with Crippen LogP contribution >= 0.6 is 22.9 Å². The molecule has 1 N–H and O–H groups in total. The Morgan fingerprint density at radius 1 is 1.11 bits per heavy atom. The number of hydrogen-bond donors (Lipinski definition) is 1. The fraction of sp³-hybridized carbons (Fsp3) is 0.238. The van der Waals surface area contributed by atoms with Gasteiger partial charge in [0.2, 0.25) is 5.91 Å². The van der Waals surface area contributed by atoms with E-state index < -0.39 is 0 Å². The van der Waals surface area contributed by atoms with Crippen molar-refractivity contribution < 1.29 is 14.3 Å². The summed E-state index contributed by atoms with van der Waals surface area (Å²) in [5.74, 6) is 1.48. The van der Waals surface area contributed by atoms with E-state index in [0.717, 1.165) is 33.4 Å². The molecule has 0 saturated heterocycles. The van der Waals surface area contributed by atoms with E-state index in [2.05, 4.69) is 10.3 Å². The number of anilines is 1. The first-order valence-corrected chi connectivity index (χ1v) is 10.1. The van der Waals surface area contributed by atoms with Crippen molar-refractivity contribution in [1.29, 1.82) is 0 Å². The maximum atomic E-state index is 12.1. The molecule has 5 nitrogen and oxygen atoms in total. The molecule has 7 heteroatoms. The smallest absolute Gasteiger partial charge is 0.226 e. The van der Waals surface area contributed by atoms with Crippen molar-refractivity contribution in [2.24, 2.45) is 0 Å². The highest BCUT2D eigenvalue weighted by atomic mass is 35.5. The van der Waals surface area contributed by atoms with Crippen LogP contribution in [-0.2, 0) is 11.2 Å². The molecule has 0 aliphatic rings. The predicted octanol–water partition coefficient (Wildman–Crippen LogP) is 5.19. The summed E-state index contributed by atoms with van der Waals surface area (Å²) in [4.78, 5) is 17.4. The fourth-order valence-electron chi connectivity index (χ4n) is 2.53.